The molecule has 0 aliphatic carbocycles. The molecule has 1 aliphatic rings. The molecule has 1 saturated heterocycles. The molecule has 2 atom stereocenters. The lowest BCUT2D eigenvalue weighted by Gasteiger charge is -2.23. The highest BCUT2D eigenvalue weighted by atomic mass is 19.1. The molecule has 20 heavy (non-hydrogen) atoms. The Labute approximate surface area is 117 Å². The summed E-state index contributed by atoms with van der Waals surface area (Å²) in [4.78, 5) is 11.9. The Morgan fingerprint density at radius 2 is 2.25 bits per heavy atom. The summed E-state index contributed by atoms with van der Waals surface area (Å²) >= 11 is 0. The van der Waals surface area contributed by atoms with Gasteiger partial charge in [-0.25, -0.2) is 8.78 Å². The van der Waals surface area contributed by atoms with E-state index in [4.69, 9.17) is 0 Å². The van der Waals surface area contributed by atoms with Gasteiger partial charge in [0.15, 0.2) is 0 Å². The summed E-state index contributed by atoms with van der Waals surface area (Å²) in [6.07, 6.45) is 2.99. The van der Waals surface area contributed by atoms with Gasteiger partial charge in [0.2, 0.25) is 5.91 Å². The smallest absolute Gasteiger partial charge is 0.237 e. The number of amides is 1. The third kappa shape index (κ3) is 3.76. The van der Waals surface area contributed by atoms with E-state index >= 15 is 0 Å². The van der Waals surface area contributed by atoms with Gasteiger partial charge >= 0.3 is 0 Å². The Hall–Kier alpha value is -1.49. The molecule has 2 N–H and O–H groups in total. The van der Waals surface area contributed by atoms with Crippen molar-refractivity contribution in [3.8, 4) is 0 Å². The normalized spacial score (nSPS) is 20.4. The predicted octanol–water partition coefficient (Wildman–Crippen LogP) is 2.33. The monoisotopic (exact) mass is 282 g/mol. The van der Waals surface area contributed by atoms with E-state index in [1.165, 1.54) is 12.1 Å². The second kappa shape index (κ2) is 6.79. The number of hydrogen-bond acceptors (Lipinski definition) is 2. The molecule has 110 valence electrons. The lowest BCUT2D eigenvalue weighted by atomic mass is 9.99. The zero-order chi connectivity index (χ0) is 14.5. The summed E-state index contributed by atoms with van der Waals surface area (Å²) < 4.78 is 26.5. The van der Waals surface area contributed by atoms with Crippen LogP contribution in [0.1, 0.15) is 37.7 Å². The number of benzene rings is 1. The maximum absolute atomic E-state index is 13.6. The number of piperidine rings is 1. The highest BCUT2D eigenvalue weighted by molar-refractivity contribution is 5.81. The van der Waals surface area contributed by atoms with Crippen LogP contribution in [-0.2, 0) is 4.79 Å². The summed E-state index contributed by atoms with van der Waals surface area (Å²) in [5, 5.41) is 6.00. The molecule has 1 heterocycles. The first-order valence-electron chi connectivity index (χ1n) is 7.04. The van der Waals surface area contributed by atoms with Crippen LogP contribution in [0.2, 0.25) is 0 Å². The fourth-order valence-corrected chi connectivity index (χ4v) is 2.46. The van der Waals surface area contributed by atoms with Crippen molar-refractivity contribution in [2.24, 2.45) is 0 Å². The topological polar surface area (TPSA) is 41.1 Å². The molecule has 2 rings (SSSR count). The fourth-order valence-electron chi connectivity index (χ4n) is 2.46. The minimum atomic E-state index is -0.589. The van der Waals surface area contributed by atoms with Crippen LogP contribution >= 0.6 is 0 Å². The number of carbonyl (C=O) groups is 1. The average molecular weight is 282 g/mol. The second-order valence-corrected chi connectivity index (χ2v) is 5.31. The molecule has 3 nitrogen and oxygen atoms in total. The highest BCUT2D eigenvalue weighted by Gasteiger charge is 2.21. The maximum Gasteiger partial charge on any atom is 0.237 e. The molecule has 0 aromatic heterocycles. The fraction of sp³-hybridized carbons (Fsp3) is 0.533. The SMILES string of the molecule is C[C@H](CNC(=O)[C@@H]1CCCCN1)c1ccc(F)cc1F. The Kier molecular flexibility index (Phi) is 5.06. The van der Waals surface area contributed by atoms with E-state index in [2.05, 4.69) is 10.6 Å². The molecule has 0 unspecified atom stereocenters. The second-order valence-electron chi connectivity index (χ2n) is 5.31. The van der Waals surface area contributed by atoms with Crippen molar-refractivity contribution in [2.45, 2.75) is 38.1 Å². The van der Waals surface area contributed by atoms with E-state index in [1.54, 1.807) is 0 Å². The molecule has 1 amide bonds. The molecule has 1 fully saturated rings. The molecule has 1 aliphatic heterocycles. The largest absolute Gasteiger partial charge is 0.354 e. The van der Waals surface area contributed by atoms with Crippen molar-refractivity contribution in [1.29, 1.82) is 0 Å². The molecular formula is C15H20F2N2O. The first-order chi connectivity index (χ1) is 9.58. The van der Waals surface area contributed by atoms with Gasteiger partial charge in [-0.2, -0.15) is 0 Å². The summed E-state index contributed by atoms with van der Waals surface area (Å²) in [5.41, 5.74) is 0.420. The first kappa shape index (κ1) is 14.9. The summed E-state index contributed by atoms with van der Waals surface area (Å²) in [5.74, 6) is -1.39. The van der Waals surface area contributed by atoms with Gasteiger partial charge in [-0.3, -0.25) is 4.79 Å². The number of carbonyl (C=O) groups excluding carboxylic acids is 1. The summed E-state index contributed by atoms with van der Waals surface area (Å²) in [6.45, 7) is 3.02. The highest BCUT2D eigenvalue weighted by Crippen LogP contribution is 2.19. The third-order valence-corrected chi connectivity index (χ3v) is 3.70. The summed E-state index contributed by atoms with van der Waals surface area (Å²) in [6, 6.07) is 3.39. The van der Waals surface area contributed by atoms with Crippen molar-refractivity contribution in [3.05, 3.63) is 35.4 Å². The van der Waals surface area contributed by atoms with Crippen LogP contribution in [0.4, 0.5) is 8.78 Å². The Bertz CT molecular complexity index is 473. The van der Waals surface area contributed by atoms with Crippen LogP contribution in [-0.4, -0.2) is 25.0 Å². The molecular weight excluding hydrogens is 262 g/mol. The summed E-state index contributed by atoms with van der Waals surface area (Å²) in [7, 11) is 0. The van der Waals surface area contributed by atoms with Gasteiger partial charge in [-0.1, -0.05) is 19.4 Å². The van der Waals surface area contributed by atoms with Crippen molar-refractivity contribution >= 4 is 5.91 Å². The van der Waals surface area contributed by atoms with Gasteiger partial charge in [0, 0.05) is 18.5 Å². The van der Waals surface area contributed by atoms with E-state index in [0.29, 0.717) is 12.1 Å². The number of halogens is 2. The van der Waals surface area contributed by atoms with Crippen LogP contribution in [0.5, 0.6) is 0 Å². The van der Waals surface area contributed by atoms with Crippen molar-refractivity contribution in [1.82, 2.24) is 10.6 Å². The Morgan fingerprint density at radius 1 is 1.45 bits per heavy atom. The van der Waals surface area contributed by atoms with Crippen LogP contribution in [0.3, 0.4) is 0 Å². The van der Waals surface area contributed by atoms with Gasteiger partial charge in [-0.15, -0.1) is 0 Å². The quantitative estimate of drug-likeness (QED) is 0.890. The van der Waals surface area contributed by atoms with E-state index in [0.717, 1.165) is 31.9 Å². The first-order valence-corrected chi connectivity index (χ1v) is 7.04. The lowest BCUT2D eigenvalue weighted by molar-refractivity contribution is -0.123. The minimum Gasteiger partial charge on any atom is -0.354 e. The third-order valence-electron chi connectivity index (χ3n) is 3.70. The minimum absolute atomic E-state index is 0.0425. The van der Waals surface area contributed by atoms with E-state index in [-0.39, 0.29) is 17.9 Å². The zero-order valence-corrected chi connectivity index (χ0v) is 11.6. The van der Waals surface area contributed by atoms with Crippen LogP contribution in [0, 0.1) is 11.6 Å². The van der Waals surface area contributed by atoms with Gasteiger partial charge in [0.25, 0.3) is 0 Å². The van der Waals surface area contributed by atoms with Crippen molar-refractivity contribution < 1.29 is 13.6 Å². The van der Waals surface area contributed by atoms with Crippen molar-refractivity contribution in [3.63, 3.8) is 0 Å². The van der Waals surface area contributed by atoms with Crippen LogP contribution < -0.4 is 10.6 Å². The van der Waals surface area contributed by atoms with Gasteiger partial charge in [-0.05, 0) is 31.0 Å². The van der Waals surface area contributed by atoms with E-state index in [1.807, 2.05) is 6.92 Å². The molecule has 5 heteroatoms. The van der Waals surface area contributed by atoms with Gasteiger partial charge in [0.05, 0.1) is 6.04 Å². The Morgan fingerprint density at radius 3 is 2.90 bits per heavy atom. The molecule has 1 aromatic rings. The maximum atomic E-state index is 13.6. The standard InChI is InChI=1S/C15H20F2N2O/c1-10(12-6-5-11(16)8-13(12)17)9-19-15(20)14-4-2-3-7-18-14/h5-6,8,10,14,18H,2-4,7,9H2,1H3,(H,19,20)/t10-,14+/m1/s1. The average Bonchev–Trinajstić information content (AvgIpc) is 2.45. The molecule has 1 aromatic carbocycles. The van der Waals surface area contributed by atoms with Gasteiger partial charge in [0.1, 0.15) is 11.6 Å². The molecule has 0 saturated carbocycles. The molecule has 0 spiro atoms. The van der Waals surface area contributed by atoms with Crippen LogP contribution in [0.15, 0.2) is 18.2 Å². The predicted molar refractivity (Wildman–Crippen MR) is 73.4 cm³/mol. The molecule has 0 bridgehead atoms. The van der Waals surface area contributed by atoms with E-state index < -0.39 is 11.6 Å². The van der Waals surface area contributed by atoms with E-state index in [9.17, 15) is 13.6 Å². The number of rotatable bonds is 4. The molecule has 0 radical (unpaired) electrons. The number of nitrogens with one attached hydrogen (secondary N) is 2. The Balaban J connectivity index is 1.87. The van der Waals surface area contributed by atoms with Gasteiger partial charge < -0.3 is 10.6 Å². The zero-order valence-electron chi connectivity index (χ0n) is 11.6. The van der Waals surface area contributed by atoms with Crippen LogP contribution in [0.25, 0.3) is 0 Å². The number of hydrogen-bond donors (Lipinski definition) is 2. The van der Waals surface area contributed by atoms with Crippen molar-refractivity contribution in [2.75, 3.05) is 13.1 Å². The lowest BCUT2D eigenvalue weighted by Crippen LogP contribution is -2.47.